The zero-order valence-electron chi connectivity index (χ0n) is 11.7. The molecule has 0 radical (unpaired) electrons. The minimum atomic E-state index is -0.338. The number of piperazine rings is 1. The van der Waals surface area contributed by atoms with Gasteiger partial charge in [0.25, 0.3) is 0 Å². The fourth-order valence-corrected chi connectivity index (χ4v) is 2.69. The molecule has 6 heteroatoms. The number of carbonyl (C=O) groups is 2. The zero-order valence-corrected chi connectivity index (χ0v) is 11.7. The van der Waals surface area contributed by atoms with Gasteiger partial charge in [-0.05, 0) is 12.1 Å². The first-order chi connectivity index (χ1) is 10.2. The predicted octanol–water partition coefficient (Wildman–Crippen LogP) is 1.12. The van der Waals surface area contributed by atoms with Crippen molar-refractivity contribution in [2.24, 2.45) is 0 Å². The summed E-state index contributed by atoms with van der Waals surface area (Å²) in [4.78, 5) is 27.4. The molecule has 1 amide bonds. The van der Waals surface area contributed by atoms with Crippen LogP contribution in [0.5, 0.6) is 5.75 Å². The van der Waals surface area contributed by atoms with Gasteiger partial charge >= 0.3 is 12.1 Å². The lowest BCUT2D eigenvalue weighted by Crippen LogP contribution is -2.53. The summed E-state index contributed by atoms with van der Waals surface area (Å²) in [6, 6.07) is 8.89. The molecule has 6 nitrogen and oxygen atoms in total. The number of hydrogen-bond donors (Lipinski definition) is 0. The topological polar surface area (TPSA) is 59.1 Å². The highest BCUT2D eigenvalue weighted by Gasteiger charge is 2.35. The van der Waals surface area contributed by atoms with E-state index in [-0.39, 0.29) is 18.1 Å². The number of para-hydroxylation sites is 1. The average Bonchev–Trinajstić information content (AvgIpc) is 2.94. The fraction of sp³-hybridized carbons (Fsp3) is 0.467. The van der Waals surface area contributed by atoms with Crippen molar-refractivity contribution in [1.82, 2.24) is 9.80 Å². The molecule has 1 aromatic carbocycles. The quantitative estimate of drug-likeness (QED) is 0.764. The second-order valence-electron chi connectivity index (χ2n) is 5.18. The molecule has 2 heterocycles. The third kappa shape index (κ3) is 3.16. The van der Waals surface area contributed by atoms with Gasteiger partial charge in [-0.15, -0.1) is 0 Å². The van der Waals surface area contributed by atoms with Crippen LogP contribution in [0.25, 0.3) is 0 Å². The molecule has 2 aliphatic rings. The Morgan fingerprint density at radius 2 is 1.86 bits per heavy atom. The summed E-state index contributed by atoms with van der Waals surface area (Å²) < 4.78 is 10.3. The lowest BCUT2D eigenvalue weighted by Gasteiger charge is -2.35. The Balaban J connectivity index is 1.51. The van der Waals surface area contributed by atoms with E-state index in [4.69, 9.17) is 9.47 Å². The summed E-state index contributed by atoms with van der Waals surface area (Å²) in [6.07, 6.45) is 0.405. The monoisotopic (exact) mass is 290 g/mol. The van der Waals surface area contributed by atoms with Crippen molar-refractivity contribution < 1.29 is 19.1 Å². The molecule has 2 saturated heterocycles. The molecule has 0 spiro atoms. The maximum absolute atomic E-state index is 12.1. The van der Waals surface area contributed by atoms with Crippen LogP contribution in [0.4, 0.5) is 4.79 Å². The molecule has 1 aromatic rings. The van der Waals surface area contributed by atoms with Crippen molar-refractivity contribution in [3.05, 3.63) is 30.3 Å². The van der Waals surface area contributed by atoms with Gasteiger partial charge in [-0.25, -0.2) is 4.79 Å². The van der Waals surface area contributed by atoms with Crippen LogP contribution in [0.1, 0.15) is 6.42 Å². The number of hydrogen-bond acceptors (Lipinski definition) is 5. The second kappa shape index (κ2) is 6.13. The smallest absolute Gasteiger partial charge is 0.415 e. The number of ether oxygens (including phenoxy) is 2. The van der Waals surface area contributed by atoms with Crippen LogP contribution in [0.2, 0.25) is 0 Å². The van der Waals surface area contributed by atoms with Gasteiger partial charge in [0, 0.05) is 32.6 Å². The average molecular weight is 290 g/mol. The van der Waals surface area contributed by atoms with E-state index >= 15 is 0 Å². The van der Waals surface area contributed by atoms with Crippen molar-refractivity contribution >= 4 is 12.1 Å². The Hall–Kier alpha value is -2.08. The SMILES string of the molecule is O=C1OCC[C@@H]1N1CCN(C(=O)Oc2ccccc2)CC1. The van der Waals surface area contributed by atoms with E-state index < -0.39 is 0 Å². The molecule has 0 bridgehead atoms. The van der Waals surface area contributed by atoms with Gasteiger partial charge in [-0.3, -0.25) is 9.69 Å². The molecule has 2 fully saturated rings. The van der Waals surface area contributed by atoms with E-state index in [1.54, 1.807) is 17.0 Å². The fourth-order valence-electron chi connectivity index (χ4n) is 2.69. The highest BCUT2D eigenvalue weighted by atomic mass is 16.6. The lowest BCUT2D eigenvalue weighted by molar-refractivity contribution is -0.142. The van der Waals surface area contributed by atoms with Crippen LogP contribution in [-0.2, 0) is 9.53 Å². The maximum Gasteiger partial charge on any atom is 0.415 e. The first-order valence-corrected chi connectivity index (χ1v) is 7.16. The Kier molecular flexibility index (Phi) is 4.06. The van der Waals surface area contributed by atoms with Gasteiger partial charge in [-0.2, -0.15) is 0 Å². The highest BCUT2D eigenvalue weighted by Crippen LogP contribution is 2.17. The Bertz CT molecular complexity index is 512. The number of cyclic esters (lactones) is 1. The third-order valence-corrected chi connectivity index (χ3v) is 3.87. The summed E-state index contributed by atoms with van der Waals surface area (Å²) >= 11 is 0. The molecular formula is C15H18N2O4. The Morgan fingerprint density at radius 3 is 2.48 bits per heavy atom. The van der Waals surface area contributed by atoms with Crippen LogP contribution in [0, 0.1) is 0 Å². The summed E-state index contributed by atoms with van der Waals surface area (Å²) in [7, 11) is 0. The summed E-state index contributed by atoms with van der Waals surface area (Å²) in [5, 5.41) is 0. The van der Waals surface area contributed by atoms with Gasteiger partial charge in [0.05, 0.1) is 6.61 Å². The van der Waals surface area contributed by atoms with Crippen molar-refractivity contribution in [2.75, 3.05) is 32.8 Å². The van der Waals surface area contributed by atoms with Crippen molar-refractivity contribution in [2.45, 2.75) is 12.5 Å². The number of benzene rings is 1. The largest absolute Gasteiger partial charge is 0.464 e. The molecule has 2 aliphatic heterocycles. The summed E-state index contributed by atoms with van der Waals surface area (Å²) in [6.45, 7) is 2.97. The maximum atomic E-state index is 12.1. The number of nitrogens with zero attached hydrogens (tertiary/aromatic N) is 2. The second-order valence-corrected chi connectivity index (χ2v) is 5.18. The Labute approximate surface area is 123 Å². The zero-order chi connectivity index (χ0) is 14.7. The van der Waals surface area contributed by atoms with Crippen LogP contribution >= 0.6 is 0 Å². The van der Waals surface area contributed by atoms with E-state index in [0.717, 1.165) is 6.42 Å². The number of esters is 1. The van der Waals surface area contributed by atoms with Gasteiger partial charge in [0.1, 0.15) is 11.8 Å². The van der Waals surface area contributed by atoms with Gasteiger partial charge in [0.15, 0.2) is 0 Å². The molecule has 0 saturated carbocycles. The molecule has 0 aromatic heterocycles. The van der Waals surface area contributed by atoms with Crippen LogP contribution < -0.4 is 4.74 Å². The molecule has 21 heavy (non-hydrogen) atoms. The van der Waals surface area contributed by atoms with Crippen LogP contribution in [-0.4, -0.2) is 60.7 Å². The minimum Gasteiger partial charge on any atom is -0.464 e. The van der Waals surface area contributed by atoms with E-state index in [1.165, 1.54) is 0 Å². The Morgan fingerprint density at radius 1 is 1.14 bits per heavy atom. The van der Waals surface area contributed by atoms with E-state index in [2.05, 4.69) is 4.90 Å². The van der Waals surface area contributed by atoms with E-state index in [1.807, 2.05) is 18.2 Å². The van der Waals surface area contributed by atoms with Gasteiger partial charge in [-0.1, -0.05) is 18.2 Å². The predicted molar refractivity (Wildman–Crippen MR) is 75.0 cm³/mol. The highest BCUT2D eigenvalue weighted by molar-refractivity contribution is 5.77. The van der Waals surface area contributed by atoms with E-state index in [9.17, 15) is 9.59 Å². The lowest BCUT2D eigenvalue weighted by atomic mass is 10.2. The number of carbonyl (C=O) groups excluding carboxylic acids is 2. The normalized spacial score (nSPS) is 23.0. The first-order valence-electron chi connectivity index (χ1n) is 7.16. The molecule has 0 aliphatic carbocycles. The number of rotatable bonds is 2. The number of amides is 1. The third-order valence-electron chi connectivity index (χ3n) is 3.87. The molecule has 1 atom stereocenters. The van der Waals surface area contributed by atoms with Crippen LogP contribution in [0.15, 0.2) is 30.3 Å². The summed E-state index contributed by atoms with van der Waals surface area (Å²) in [5.41, 5.74) is 0. The van der Waals surface area contributed by atoms with Crippen molar-refractivity contribution in [1.29, 1.82) is 0 Å². The van der Waals surface area contributed by atoms with Crippen LogP contribution in [0.3, 0.4) is 0 Å². The summed E-state index contributed by atoms with van der Waals surface area (Å²) in [5.74, 6) is 0.402. The van der Waals surface area contributed by atoms with Gasteiger partial charge in [0.2, 0.25) is 0 Å². The first kappa shape index (κ1) is 13.9. The minimum absolute atomic E-state index is 0.141. The molecule has 0 N–H and O–H groups in total. The van der Waals surface area contributed by atoms with E-state index in [0.29, 0.717) is 38.5 Å². The van der Waals surface area contributed by atoms with Crippen molar-refractivity contribution in [3.63, 3.8) is 0 Å². The van der Waals surface area contributed by atoms with Crippen molar-refractivity contribution in [3.8, 4) is 5.75 Å². The molecule has 0 unspecified atom stereocenters. The standard InChI is InChI=1S/C15H18N2O4/c18-14-13(6-11-20-14)16-7-9-17(10-8-16)15(19)21-12-4-2-1-3-5-12/h1-5,13H,6-11H2/t13-/m0/s1. The van der Waals surface area contributed by atoms with Gasteiger partial charge < -0.3 is 14.4 Å². The molecule has 112 valence electrons. The molecule has 3 rings (SSSR count). The molecular weight excluding hydrogens is 272 g/mol.